The lowest BCUT2D eigenvalue weighted by Crippen LogP contribution is -2.23. The van der Waals surface area contributed by atoms with Crippen molar-refractivity contribution in [1.82, 2.24) is 15.1 Å². The summed E-state index contributed by atoms with van der Waals surface area (Å²) in [7, 11) is 1.69. The second kappa shape index (κ2) is 7.61. The van der Waals surface area contributed by atoms with E-state index in [-0.39, 0.29) is 6.04 Å². The van der Waals surface area contributed by atoms with E-state index in [4.69, 9.17) is 4.74 Å². The lowest BCUT2D eigenvalue weighted by atomic mass is 10.0. The average molecular weight is 352 g/mol. The van der Waals surface area contributed by atoms with E-state index in [0.29, 0.717) is 0 Å². The third-order valence-electron chi connectivity index (χ3n) is 3.42. The normalized spacial score (nSPS) is 12.4. The van der Waals surface area contributed by atoms with E-state index in [1.807, 2.05) is 23.0 Å². The van der Waals surface area contributed by atoms with Crippen LogP contribution in [0.25, 0.3) is 0 Å². The van der Waals surface area contributed by atoms with Crippen LogP contribution in [0.4, 0.5) is 0 Å². The van der Waals surface area contributed by atoms with Crippen LogP contribution in [0.15, 0.2) is 35.1 Å². The standard InChI is InChI=1S/C16H22BrN3O/c1-4-8-18-16(12-10-19-20(5-2)11-12)14-9-13(21-3)6-7-15(14)17/h6-7,9-11,16,18H,4-5,8H2,1-3H3. The minimum absolute atomic E-state index is 0.106. The van der Waals surface area contributed by atoms with Crippen LogP contribution < -0.4 is 10.1 Å². The number of halogens is 1. The number of aryl methyl sites for hydroxylation is 1. The summed E-state index contributed by atoms with van der Waals surface area (Å²) < 4.78 is 8.38. The van der Waals surface area contributed by atoms with Crippen LogP contribution in [0.2, 0.25) is 0 Å². The molecule has 0 spiro atoms. The van der Waals surface area contributed by atoms with E-state index in [9.17, 15) is 0 Å². The molecular formula is C16H22BrN3O. The fraction of sp³-hybridized carbons (Fsp3) is 0.438. The summed E-state index contributed by atoms with van der Waals surface area (Å²) in [6.07, 6.45) is 5.11. The molecule has 1 unspecified atom stereocenters. The number of nitrogens with one attached hydrogen (secondary N) is 1. The smallest absolute Gasteiger partial charge is 0.119 e. The van der Waals surface area contributed by atoms with Crippen molar-refractivity contribution in [1.29, 1.82) is 0 Å². The third-order valence-corrected chi connectivity index (χ3v) is 4.15. The van der Waals surface area contributed by atoms with E-state index in [2.05, 4.69) is 52.5 Å². The minimum atomic E-state index is 0.106. The molecule has 1 atom stereocenters. The van der Waals surface area contributed by atoms with Crippen LogP contribution in [0.5, 0.6) is 5.75 Å². The lowest BCUT2D eigenvalue weighted by Gasteiger charge is -2.20. The van der Waals surface area contributed by atoms with Crippen molar-refractivity contribution in [3.63, 3.8) is 0 Å². The monoisotopic (exact) mass is 351 g/mol. The topological polar surface area (TPSA) is 39.1 Å². The summed E-state index contributed by atoms with van der Waals surface area (Å²) in [5.41, 5.74) is 2.33. The van der Waals surface area contributed by atoms with Gasteiger partial charge in [-0.25, -0.2) is 0 Å². The maximum Gasteiger partial charge on any atom is 0.119 e. The van der Waals surface area contributed by atoms with E-state index >= 15 is 0 Å². The Bertz CT molecular complexity index is 583. The Kier molecular flexibility index (Phi) is 5.82. The Hall–Kier alpha value is -1.33. The van der Waals surface area contributed by atoms with Gasteiger partial charge in [0.25, 0.3) is 0 Å². The van der Waals surface area contributed by atoms with Crippen LogP contribution in [-0.2, 0) is 6.54 Å². The van der Waals surface area contributed by atoms with E-state index < -0.39 is 0 Å². The van der Waals surface area contributed by atoms with Crippen molar-refractivity contribution in [3.05, 3.63) is 46.2 Å². The number of hydrogen-bond donors (Lipinski definition) is 1. The van der Waals surface area contributed by atoms with Crippen molar-refractivity contribution in [2.24, 2.45) is 0 Å². The molecule has 1 N–H and O–H groups in total. The van der Waals surface area contributed by atoms with Crippen LogP contribution in [0.1, 0.15) is 37.4 Å². The predicted octanol–water partition coefficient (Wildman–Crippen LogP) is 3.76. The number of aromatic nitrogens is 2. The van der Waals surface area contributed by atoms with Gasteiger partial charge in [0, 0.05) is 22.8 Å². The van der Waals surface area contributed by atoms with Crippen LogP contribution in [0, 0.1) is 0 Å². The lowest BCUT2D eigenvalue weighted by molar-refractivity contribution is 0.413. The Balaban J connectivity index is 2.39. The molecule has 0 aliphatic heterocycles. The van der Waals surface area contributed by atoms with Gasteiger partial charge in [-0.2, -0.15) is 5.10 Å². The van der Waals surface area contributed by atoms with Gasteiger partial charge in [-0.1, -0.05) is 22.9 Å². The zero-order chi connectivity index (χ0) is 15.2. The fourth-order valence-electron chi connectivity index (χ4n) is 2.27. The van der Waals surface area contributed by atoms with Crippen molar-refractivity contribution in [3.8, 4) is 5.75 Å². The van der Waals surface area contributed by atoms with Gasteiger partial charge < -0.3 is 10.1 Å². The van der Waals surface area contributed by atoms with Gasteiger partial charge in [0.15, 0.2) is 0 Å². The Morgan fingerprint density at radius 3 is 2.81 bits per heavy atom. The Morgan fingerprint density at radius 2 is 2.19 bits per heavy atom. The van der Waals surface area contributed by atoms with Crippen LogP contribution >= 0.6 is 15.9 Å². The Labute approximate surface area is 134 Å². The SMILES string of the molecule is CCCNC(c1cnn(CC)c1)c1cc(OC)ccc1Br. The number of hydrogen-bond acceptors (Lipinski definition) is 3. The molecule has 2 rings (SSSR count). The van der Waals surface area contributed by atoms with Crippen LogP contribution in [-0.4, -0.2) is 23.4 Å². The van der Waals surface area contributed by atoms with Gasteiger partial charge in [0.05, 0.1) is 19.3 Å². The highest BCUT2D eigenvalue weighted by atomic mass is 79.9. The first-order chi connectivity index (χ1) is 10.2. The average Bonchev–Trinajstić information content (AvgIpc) is 2.98. The highest BCUT2D eigenvalue weighted by molar-refractivity contribution is 9.10. The van der Waals surface area contributed by atoms with Crippen molar-refractivity contribution in [2.75, 3.05) is 13.7 Å². The predicted molar refractivity (Wildman–Crippen MR) is 88.7 cm³/mol. The fourth-order valence-corrected chi connectivity index (χ4v) is 2.74. The van der Waals surface area contributed by atoms with Crippen molar-refractivity contribution < 1.29 is 4.74 Å². The van der Waals surface area contributed by atoms with Gasteiger partial charge >= 0.3 is 0 Å². The molecule has 21 heavy (non-hydrogen) atoms. The summed E-state index contributed by atoms with van der Waals surface area (Å²) >= 11 is 3.65. The zero-order valence-electron chi connectivity index (χ0n) is 12.8. The number of ether oxygens (including phenoxy) is 1. The number of benzene rings is 1. The second-order valence-electron chi connectivity index (χ2n) is 4.90. The van der Waals surface area contributed by atoms with Crippen LogP contribution in [0.3, 0.4) is 0 Å². The van der Waals surface area contributed by atoms with Gasteiger partial charge in [0.1, 0.15) is 5.75 Å². The summed E-state index contributed by atoms with van der Waals surface area (Å²) in [6.45, 7) is 6.08. The molecular weight excluding hydrogens is 330 g/mol. The molecule has 2 aromatic rings. The van der Waals surface area contributed by atoms with Gasteiger partial charge in [-0.3, -0.25) is 4.68 Å². The first-order valence-electron chi connectivity index (χ1n) is 7.28. The first kappa shape index (κ1) is 16.0. The molecule has 1 heterocycles. The second-order valence-corrected chi connectivity index (χ2v) is 5.76. The maximum atomic E-state index is 5.36. The molecule has 0 aliphatic rings. The zero-order valence-corrected chi connectivity index (χ0v) is 14.4. The minimum Gasteiger partial charge on any atom is -0.497 e. The molecule has 0 fully saturated rings. The molecule has 1 aromatic carbocycles. The summed E-state index contributed by atoms with van der Waals surface area (Å²) in [4.78, 5) is 0. The molecule has 0 amide bonds. The van der Waals surface area contributed by atoms with E-state index in [0.717, 1.165) is 29.7 Å². The van der Waals surface area contributed by atoms with Crippen molar-refractivity contribution >= 4 is 15.9 Å². The van der Waals surface area contributed by atoms with Crippen molar-refractivity contribution in [2.45, 2.75) is 32.9 Å². The molecule has 114 valence electrons. The molecule has 0 saturated heterocycles. The van der Waals surface area contributed by atoms with Gasteiger partial charge in [0.2, 0.25) is 0 Å². The molecule has 0 saturated carbocycles. The maximum absolute atomic E-state index is 5.36. The number of methoxy groups -OCH3 is 1. The summed E-state index contributed by atoms with van der Waals surface area (Å²) in [5.74, 6) is 0.861. The molecule has 1 aromatic heterocycles. The molecule has 4 nitrogen and oxygen atoms in total. The Morgan fingerprint density at radius 1 is 1.38 bits per heavy atom. The van der Waals surface area contributed by atoms with E-state index in [1.165, 1.54) is 11.1 Å². The highest BCUT2D eigenvalue weighted by Crippen LogP contribution is 2.31. The first-order valence-corrected chi connectivity index (χ1v) is 8.08. The number of nitrogens with zero attached hydrogens (tertiary/aromatic N) is 2. The number of rotatable bonds is 7. The molecule has 0 aliphatic carbocycles. The van der Waals surface area contributed by atoms with Gasteiger partial charge in [-0.05, 0) is 43.7 Å². The molecule has 0 bridgehead atoms. The third kappa shape index (κ3) is 3.86. The quantitative estimate of drug-likeness (QED) is 0.825. The highest BCUT2D eigenvalue weighted by Gasteiger charge is 2.18. The molecule has 0 radical (unpaired) electrons. The van der Waals surface area contributed by atoms with E-state index in [1.54, 1.807) is 7.11 Å². The van der Waals surface area contributed by atoms with Gasteiger partial charge in [-0.15, -0.1) is 0 Å². The molecule has 5 heteroatoms. The summed E-state index contributed by atoms with van der Waals surface area (Å²) in [6, 6.07) is 6.16. The summed E-state index contributed by atoms with van der Waals surface area (Å²) in [5, 5.41) is 7.98. The largest absolute Gasteiger partial charge is 0.497 e.